The average Bonchev–Trinajstić information content (AvgIpc) is 2.74. The van der Waals surface area contributed by atoms with Gasteiger partial charge >= 0.3 is 11.9 Å². The second-order valence-corrected chi connectivity index (χ2v) is 7.91. The fourth-order valence-corrected chi connectivity index (χ4v) is 3.19. The van der Waals surface area contributed by atoms with E-state index >= 15 is 0 Å². The molecule has 0 saturated carbocycles. The SMILES string of the molecule is CC(=O)C(C)Oc1ncccc1Oc1cc(-n2c(=O)cc(C(F)(F)F)n(C)c2=O)c(F)cc1Br. The predicted octanol–water partition coefficient (Wildman–Crippen LogP) is 4.00. The molecule has 2 aromatic heterocycles. The van der Waals surface area contributed by atoms with Crippen LogP contribution in [-0.4, -0.2) is 26.0 Å². The van der Waals surface area contributed by atoms with Crippen molar-refractivity contribution in [2.24, 2.45) is 7.05 Å². The fourth-order valence-electron chi connectivity index (χ4n) is 2.80. The highest BCUT2D eigenvalue weighted by atomic mass is 79.9. The first-order valence-corrected chi connectivity index (χ1v) is 10.3. The van der Waals surface area contributed by atoms with E-state index in [4.69, 9.17) is 9.47 Å². The van der Waals surface area contributed by atoms with E-state index in [9.17, 15) is 31.9 Å². The topological polar surface area (TPSA) is 92.4 Å². The number of rotatable bonds is 6. The maximum absolute atomic E-state index is 14.7. The van der Waals surface area contributed by atoms with Gasteiger partial charge < -0.3 is 9.47 Å². The number of carbonyl (C=O) groups excluding carboxylic acids is 1. The smallest absolute Gasteiger partial charge is 0.431 e. The maximum atomic E-state index is 14.7. The van der Waals surface area contributed by atoms with Gasteiger partial charge in [0.1, 0.15) is 17.3 Å². The highest BCUT2D eigenvalue weighted by Gasteiger charge is 2.35. The zero-order valence-corrected chi connectivity index (χ0v) is 19.4. The van der Waals surface area contributed by atoms with Gasteiger partial charge in [-0.2, -0.15) is 13.2 Å². The molecule has 0 aliphatic rings. The van der Waals surface area contributed by atoms with Crippen LogP contribution in [-0.2, 0) is 18.0 Å². The Morgan fingerprint density at radius 3 is 2.47 bits per heavy atom. The van der Waals surface area contributed by atoms with Gasteiger partial charge in [0.2, 0.25) is 0 Å². The second kappa shape index (κ2) is 9.41. The molecule has 8 nitrogen and oxygen atoms in total. The van der Waals surface area contributed by atoms with Crippen LogP contribution in [0.2, 0.25) is 0 Å². The van der Waals surface area contributed by atoms with Crippen molar-refractivity contribution < 1.29 is 31.8 Å². The lowest BCUT2D eigenvalue weighted by Gasteiger charge is -2.17. The van der Waals surface area contributed by atoms with Crippen molar-refractivity contribution in [1.82, 2.24) is 14.1 Å². The van der Waals surface area contributed by atoms with Gasteiger partial charge in [-0.15, -0.1) is 0 Å². The Balaban J connectivity index is 2.12. The summed E-state index contributed by atoms with van der Waals surface area (Å²) in [7, 11) is 0.810. The van der Waals surface area contributed by atoms with Crippen molar-refractivity contribution in [3.05, 3.63) is 73.4 Å². The van der Waals surface area contributed by atoms with Crippen molar-refractivity contribution in [2.45, 2.75) is 26.1 Å². The molecule has 0 spiro atoms. The molecule has 34 heavy (non-hydrogen) atoms. The molecule has 0 amide bonds. The normalized spacial score (nSPS) is 12.4. The number of Topliss-reactive ketones (excluding diaryl/α,β-unsaturated/α-hetero) is 1. The summed E-state index contributed by atoms with van der Waals surface area (Å²) >= 11 is 3.10. The number of hydrogen-bond acceptors (Lipinski definition) is 6. The molecule has 3 aromatic rings. The molecular formula is C21H16BrF4N3O5. The molecule has 3 rings (SSSR count). The summed E-state index contributed by atoms with van der Waals surface area (Å²) in [4.78, 5) is 40.4. The van der Waals surface area contributed by atoms with Crippen LogP contribution >= 0.6 is 15.9 Å². The van der Waals surface area contributed by atoms with Crippen LogP contribution in [0.15, 0.2) is 50.6 Å². The third kappa shape index (κ3) is 5.03. The molecule has 1 aromatic carbocycles. The number of halogens is 5. The molecule has 0 aliphatic heterocycles. The number of nitrogens with zero attached hydrogens (tertiary/aromatic N) is 3. The Morgan fingerprint density at radius 1 is 1.18 bits per heavy atom. The number of pyridine rings is 1. The van der Waals surface area contributed by atoms with Gasteiger partial charge in [-0.25, -0.2) is 18.7 Å². The number of alkyl halides is 3. The summed E-state index contributed by atoms with van der Waals surface area (Å²) in [6, 6.07) is 4.96. The van der Waals surface area contributed by atoms with E-state index in [1.54, 1.807) is 0 Å². The highest BCUT2D eigenvalue weighted by molar-refractivity contribution is 9.10. The van der Waals surface area contributed by atoms with Gasteiger partial charge in [-0.05, 0) is 48.0 Å². The Morgan fingerprint density at radius 2 is 1.85 bits per heavy atom. The van der Waals surface area contributed by atoms with Crippen LogP contribution in [0, 0.1) is 5.82 Å². The van der Waals surface area contributed by atoms with Crippen LogP contribution in [0.3, 0.4) is 0 Å². The van der Waals surface area contributed by atoms with E-state index in [1.165, 1.54) is 32.2 Å². The lowest BCUT2D eigenvalue weighted by atomic mass is 10.2. The molecule has 0 radical (unpaired) electrons. The number of hydrogen-bond donors (Lipinski definition) is 0. The van der Waals surface area contributed by atoms with Crippen molar-refractivity contribution in [3.63, 3.8) is 0 Å². The van der Waals surface area contributed by atoms with Crippen LogP contribution < -0.4 is 20.7 Å². The molecule has 13 heteroatoms. The number of carbonyl (C=O) groups is 1. The molecule has 0 N–H and O–H groups in total. The summed E-state index contributed by atoms with van der Waals surface area (Å²) in [6.45, 7) is 2.82. The quantitative estimate of drug-likeness (QED) is 0.435. The maximum Gasteiger partial charge on any atom is 0.431 e. The number of ether oxygens (including phenoxy) is 2. The monoisotopic (exact) mass is 545 g/mol. The van der Waals surface area contributed by atoms with Crippen LogP contribution in [0.25, 0.3) is 5.69 Å². The van der Waals surface area contributed by atoms with Gasteiger partial charge in [-0.3, -0.25) is 14.2 Å². The third-order valence-electron chi connectivity index (χ3n) is 4.67. The van der Waals surface area contributed by atoms with Gasteiger partial charge in [0.25, 0.3) is 11.4 Å². The second-order valence-electron chi connectivity index (χ2n) is 7.06. The molecule has 0 fully saturated rings. The van der Waals surface area contributed by atoms with E-state index in [0.717, 1.165) is 19.2 Å². The van der Waals surface area contributed by atoms with Crippen molar-refractivity contribution in [1.29, 1.82) is 0 Å². The summed E-state index contributed by atoms with van der Waals surface area (Å²) in [6.07, 6.45) is -4.43. The first-order valence-electron chi connectivity index (χ1n) is 9.51. The summed E-state index contributed by atoms with van der Waals surface area (Å²) in [5.74, 6) is -1.52. The summed E-state index contributed by atoms with van der Waals surface area (Å²) in [5, 5.41) is 0. The van der Waals surface area contributed by atoms with Gasteiger partial charge in [0.15, 0.2) is 17.6 Å². The number of benzene rings is 1. The van der Waals surface area contributed by atoms with Crippen molar-refractivity contribution in [2.75, 3.05) is 0 Å². The van der Waals surface area contributed by atoms with E-state index in [1.807, 2.05) is 0 Å². The Hall–Kier alpha value is -3.48. The Labute approximate surface area is 197 Å². The third-order valence-corrected chi connectivity index (χ3v) is 5.29. The van der Waals surface area contributed by atoms with E-state index in [2.05, 4.69) is 20.9 Å². The molecule has 1 atom stereocenters. The molecule has 0 bridgehead atoms. The van der Waals surface area contributed by atoms with E-state index in [0.29, 0.717) is 0 Å². The summed E-state index contributed by atoms with van der Waals surface area (Å²) < 4.78 is 65.7. The fraction of sp³-hybridized carbons (Fsp3) is 0.238. The zero-order chi connectivity index (χ0) is 25.4. The van der Waals surface area contributed by atoms with Crippen LogP contribution in [0.1, 0.15) is 19.5 Å². The molecular weight excluding hydrogens is 530 g/mol. The average molecular weight is 546 g/mol. The molecule has 0 saturated heterocycles. The summed E-state index contributed by atoms with van der Waals surface area (Å²) in [5.41, 5.74) is -4.92. The van der Waals surface area contributed by atoms with Gasteiger partial charge in [-0.1, -0.05) is 0 Å². The van der Waals surface area contributed by atoms with E-state index < -0.39 is 40.7 Å². The first-order chi connectivity index (χ1) is 15.8. The molecule has 1 unspecified atom stereocenters. The minimum absolute atomic E-state index is 0.0153. The Kier molecular flexibility index (Phi) is 6.96. The standard InChI is InChI=1S/C21H16BrF4N3O5/c1-10(30)11(2)33-19-15(5-4-6-27-19)34-16-8-14(13(23)7-12(16)22)29-18(31)9-17(21(24,25)26)28(3)20(29)32/h4-9,11H,1-3H3. The van der Waals surface area contributed by atoms with Gasteiger partial charge in [0.05, 0.1) is 10.2 Å². The largest absolute Gasteiger partial charge is 0.464 e. The lowest BCUT2D eigenvalue weighted by molar-refractivity contribution is -0.144. The van der Waals surface area contributed by atoms with E-state index in [-0.39, 0.29) is 42.8 Å². The molecule has 180 valence electrons. The number of aromatic nitrogens is 3. The van der Waals surface area contributed by atoms with Crippen LogP contribution in [0.5, 0.6) is 17.4 Å². The lowest BCUT2D eigenvalue weighted by Crippen LogP contribution is -2.41. The van der Waals surface area contributed by atoms with Gasteiger partial charge in [0, 0.05) is 25.4 Å². The highest BCUT2D eigenvalue weighted by Crippen LogP contribution is 2.36. The molecule has 2 heterocycles. The minimum atomic E-state index is -4.97. The van der Waals surface area contributed by atoms with Crippen molar-refractivity contribution >= 4 is 21.7 Å². The van der Waals surface area contributed by atoms with Crippen molar-refractivity contribution in [3.8, 4) is 23.1 Å². The predicted molar refractivity (Wildman–Crippen MR) is 115 cm³/mol. The Bertz CT molecular complexity index is 1380. The van der Waals surface area contributed by atoms with Crippen LogP contribution in [0.4, 0.5) is 17.6 Å². The molecule has 0 aliphatic carbocycles. The zero-order valence-electron chi connectivity index (χ0n) is 17.8. The minimum Gasteiger partial charge on any atom is -0.464 e. The number of ketones is 1. The first kappa shape index (κ1) is 25.1.